The van der Waals surface area contributed by atoms with E-state index in [4.69, 9.17) is 0 Å². The van der Waals surface area contributed by atoms with Crippen LogP contribution in [0.15, 0.2) is 42.6 Å². The van der Waals surface area contributed by atoms with Crippen LogP contribution in [0.5, 0.6) is 0 Å². The zero-order valence-corrected chi connectivity index (χ0v) is 12.8. The number of likely N-dealkylation sites (tertiary alicyclic amines) is 1. The second-order valence-corrected chi connectivity index (χ2v) is 5.79. The molecule has 0 saturated carbocycles. The van der Waals surface area contributed by atoms with Gasteiger partial charge in [0.2, 0.25) is 0 Å². The number of pyridine rings is 1. The largest absolute Gasteiger partial charge is 0.373 e. The molecule has 1 atom stereocenters. The molecule has 1 N–H and O–H groups in total. The predicted octanol–water partition coefficient (Wildman–Crippen LogP) is 3.77. The normalized spacial score (nSPS) is 18.9. The van der Waals surface area contributed by atoms with Crippen molar-refractivity contribution in [1.29, 1.82) is 0 Å². The maximum atomic E-state index is 4.51. The summed E-state index contributed by atoms with van der Waals surface area (Å²) in [5, 5.41) is 3.11. The van der Waals surface area contributed by atoms with Crippen molar-refractivity contribution in [1.82, 2.24) is 9.88 Å². The van der Waals surface area contributed by atoms with Crippen LogP contribution in [0, 0.1) is 6.92 Å². The van der Waals surface area contributed by atoms with Crippen molar-refractivity contribution >= 4 is 5.82 Å². The van der Waals surface area contributed by atoms with Gasteiger partial charge in [0.1, 0.15) is 5.82 Å². The Kier molecular flexibility index (Phi) is 4.20. The van der Waals surface area contributed by atoms with E-state index >= 15 is 0 Å². The van der Waals surface area contributed by atoms with Crippen LogP contribution in [-0.2, 0) is 6.54 Å². The van der Waals surface area contributed by atoms with Crippen LogP contribution in [0.4, 0.5) is 5.82 Å². The molecular weight excluding hydrogens is 258 g/mol. The zero-order chi connectivity index (χ0) is 14.7. The first kappa shape index (κ1) is 14.1. The lowest BCUT2D eigenvalue weighted by molar-refractivity contribution is 0.247. The summed E-state index contributed by atoms with van der Waals surface area (Å²) in [6, 6.07) is 13.4. The molecule has 0 bridgehead atoms. The minimum atomic E-state index is 0.503. The number of nitrogens with zero attached hydrogens (tertiary/aromatic N) is 2. The fourth-order valence-electron chi connectivity index (χ4n) is 3.24. The molecule has 1 saturated heterocycles. The van der Waals surface area contributed by atoms with Gasteiger partial charge in [-0.1, -0.05) is 30.3 Å². The standard InChI is InChI=1S/C18H23N3/c1-14-11-18(19-2)20-12-16(14)17-9-6-10-21(17)13-15-7-4-3-5-8-15/h3-5,7-8,11-12,17H,6,9-10,13H2,1-2H3,(H,19,20)/t17-/m0/s1. The summed E-state index contributed by atoms with van der Waals surface area (Å²) in [5.74, 6) is 0.948. The number of aryl methyl sites for hydroxylation is 1. The van der Waals surface area contributed by atoms with Crippen LogP contribution in [0.25, 0.3) is 0 Å². The summed E-state index contributed by atoms with van der Waals surface area (Å²) in [6.07, 6.45) is 4.55. The highest BCUT2D eigenvalue weighted by Gasteiger charge is 2.27. The first-order valence-corrected chi connectivity index (χ1v) is 7.70. The van der Waals surface area contributed by atoms with Crippen LogP contribution in [0.1, 0.15) is 35.6 Å². The Bertz CT molecular complexity index is 595. The van der Waals surface area contributed by atoms with Gasteiger partial charge in [-0.3, -0.25) is 4.90 Å². The molecule has 0 unspecified atom stereocenters. The van der Waals surface area contributed by atoms with Gasteiger partial charge in [0.25, 0.3) is 0 Å². The molecule has 0 amide bonds. The summed E-state index contributed by atoms with van der Waals surface area (Å²) < 4.78 is 0. The van der Waals surface area contributed by atoms with Gasteiger partial charge in [0, 0.05) is 25.8 Å². The van der Waals surface area contributed by atoms with E-state index in [0.717, 1.165) is 12.4 Å². The highest BCUT2D eigenvalue weighted by atomic mass is 15.2. The highest BCUT2D eigenvalue weighted by molar-refractivity contribution is 5.41. The third-order valence-corrected chi connectivity index (χ3v) is 4.36. The molecule has 110 valence electrons. The fraction of sp³-hybridized carbons (Fsp3) is 0.389. The smallest absolute Gasteiger partial charge is 0.125 e. The van der Waals surface area contributed by atoms with Crippen LogP contribution in [0.2, 0.25) is 0 Å². The maximum Gasteiger partial charge on any atom is 0.125 e. The summed E-state index contributed by atoms with van der Waals surface area (Å²) in [4.78, 5) is 7.09. The lowest BCUT2D eigenvalue weighted by atomic mass is 10.0. The second kappa shape index (κ2) is 6.27. The van der Waals surface area contributed by atoms with E-state index in [1.807, 2.05) is 7.05 Å². The summed E-state index contributed by atoms with van der Waals surface area (Å²) in [5.41, 5.74) is 4.10. The van der Waals surface area contributed by atoms with Crippen molar-refractivity contribution in [2.45, 2.75) is 32.4 Å². The minimum Gasteiger partial charge on any atom is -0.373 e. The topological polar surface area (TPSA) is 28.2 Å². The second-order valence-electron chi connectivity index (χ2n) is 5.79. The van der Waals surface area contributed by atoms with Crippen molar-refractivity contribution < 1.29 is 0 Å². The number of hydrogen-bond donors (Lipinski definition) is 1. The van der Waals surface area contributed by atoms with Crippen LogP contribution in [-0.4, -0.2) is 23.5 Å². The molecule has 1 aliphatic heterocycles. The molecule has 0 radical (unpaired) electrons. The number of hydrogen-bond acceptors (Lipinski definition) is 3. The Hall–Kier alpha value is -1.87. The molecule has 3 nitrogen and oxygen atoms in total. The summed E-state index contributed by atoms with van der Waals surface area (Å²) in [6.45, 7) is 4.39. The predicted molar refractivity (Wildman–Crippen MR) is 87.3 cm³/mol. The molecule has 0 spiro atoms. The van der Waals surface area contributed by atoms with E-state index < -0.39 is 0 Å². The van der Waals surface area contributed by atoms with Gasteiger partial charge < -0.3 is 5.32 Å². The van der Waals surface area contributed by atoms with Crippen LogP contribution >= 0.6 is 0 Å². The zero-order valence-electron chi connectivity index (χ0n) is 12.8. The monoisotopic (exact) mass is 281 g/mol. The first-order chi connectivity index (χ1) is 10.3. The number of anilines is 1. The third kappa shape index (κ3) is 3.08. The van der Waals surface area contributed by atoms with E-state index in [-0.39, 0.29) is 0 Å². The number of nitrogens with one attached hydrogen (secondary N) is 1. The molecule has 1 fully saturated rings. The van der Waals surface area contributed by atoms with E-state index in [1.54, 1.807) is 0 Å². The van der Waals surface area contributed by atoms with Crippen LogP contribution < -0.4 is 5.32 Å². The van der Waals surface area contributed by atoms with Gasteiger partial charge in [-0.05, 0) is 49.1 Å². The molecular formula is C18H23N3. The van der Waals surface area contributed by atoms with Gasteiger partial charge in [-0.15, -0.1) is 0 Å². The number of aromatic nitrogens is 1. The number of benzene rings is 1. The molecule has 21 heavy (non-hydrogen) atoms. The molecule has 1 aromatic heterocycles. The molecule has 1 aromatic carbocycles. The van der Waals surface area contributed by atoms with Gasteiger partial charge in [-0.25, -0.2) is 4.98 Å². The minimum absolute atomic E-state index is 0.503. The van der Waals surface area contributed by atoms with Gasteiger partial charge >= 0.3 is 0 Å². The van der Waals surface area contributed by atoms with Crippen molar-refractivity contribution in [2.24, 2.45) is 0 Å². The number of rotatable bonds is 4. The van der Waals surface area contributed by atoms with E-state index in [0.29, 0.717) is 6.04 Å². The van der Waals surface area contributed by atoms with Crippen LogP contribution in [0.3, 0.4) is 0 Å². The van der Waals surface area contributed by atoms with E-state index in [9.17, 15) is 0 Å². The van der Waals surface area contributed by atoms with Gasteiger partial charge in [0.15, 0.2) is 0 Å². The molecule has 2 heterocycles. The Labute approximate surface area is 127 Å². The van der Waals surface area contributed by atoms with E-state index in [2.05, 4.69) is 64.7 Å². The Morgan fingerprint density at radius 3 is 2.81 bits per heavy atom. The van der Waals surface area contributed by atoms with Crippen molar-refractivity contribution in [3.05, 3.63) is 59.3 Å². The average Bonchev–Trinajstić information content (AvgIpc) is 2.96. The van der Waals surface area contributed by atoms with Crippen molar-refractivity contribution in [3.8, 4) is 0 Å². The molecule has 3 heteroatoms. The SMILES string of the molecule is CNc1cc(C)c([C@@H]2CCCN2Cc2ccccc2)cn1. The van der Waals surface area contributed by atoms with E-state index in [1.165, 1.54) is 36.1 Å². The highest BCUT2D eigenvalue weighted by Crippen LogP contribution is 2.34. The van der Waals surface area contributed by atoms with Gasteiger partial charge in [0.05, 0.1) is 0 Å². The fourth-order valence-corrected chi connectivity index (χ4v) is 3.24. The third-order valence-electron chi connectivity index (χ3n) is 4.36. The van der Waals surface area contributed by atoms with Crippen molar-refractivity contribution in [2.75, 3.05) is 18.9 Å². The van der Waals surface area contributed by atoms with Crippen molar-refractivity contribution in [3.63, 3.8) is 0 Å². The first-order valence-electron chi connectivity index (χ1n) is 7.70. The molecule has 1 aliphatic rings. The summed E-state index contributed by atoms with van der Waals surface area (Å²) >= 11 is 0. The Morgan fingerprint density at radius 2 is 2.10 bits per heavy atom. The maximum absolute atomic E-state index is 4.51. The lowest BCUT2D eigenvalue weighted by Crippen LogP contribution is -2.23. The Morgan fingerprint density at radius 1 is 1.29 bits per heavy atom. The molecule has 2 aromatic rings. The van der Waals surface area contributed by atoms with Gasteiger partial charge in [-0.2, -0.15) is 0 Å². The molecule has 3 rings (SSSR count). The lowest BCUT2D eigenvalue weighted by Gasteiger charge is -2.26. The Balaban J connectivity index is 1.80. The average molecular weight is 281 g/mol. The summed E-state index contributed by atoms with van der Waals surface area (Å²) in [7, 11) is 1.92. The molecule has 0 aliphatic carbocycles. The quantitative estimate of drug-likeness (QED) is 0.924.